The minimum Gasteiger partial charge on any atom is -0.459 e. The van der Waals surface area contributed by atoms with Crippen LogP contribution in [0.2, 0.25) is 0 Å². The third-order valence-corrected chi connectivity index (χ3v) is 7.56. The first-order valence-electron chi connectivity index (χ1n) is 10.1. The number of amides is 2. The van der Waals surface area contributed by atoms with Crippen LogP contribution in [0.25, 0.3) is 0 Å². The molecule has 2 aromatic rings. The topological polar surface area (TPSA) is 84.2 Å². The maximum Gasteiger partial charge on any atom is 0.287 e. The lowest BCUT2D eigenvalue weighted by molar-refractivity contribution is -0.117. The average molecular weight is 400 g/mol. The molecule has 7 heteroatoms. The number of nitrogens with zero attached hydrogens (tertiary/aromatic N) is 1. The molecule has 0 spiro atoms. The third-order valence-electron chi connectivity index (χ3n) is 6.80. The summed E-state index contributed by atoms with van der Waals surface area (Å²) in [6.45, 7) is 1.66. The van der Waals surface area contributed by atoms with Crippen LogP contribution in [0.15, 0.2) is 28.2 Å². The Kier molecular flexibility index (Phi) is 4.30. The van der Waals surface area contributed by atoms with Crippen molar-refractivity contribution in [3.8, 4) is 0 Å². The number of hydrogen-bond donors (Lipinski definition) is 2. The van der Waals surface area contributed by atoms with Crippen molar-refractivity contribution in [1.82, 2.24) is 10.3 Å². The second-order valence-corrected chi connectivity index (χ2v) is 9.76. The SMILES string of the molecule is C[C@H](NC(=O)c1ccco1)C(=O)Nc1nc(C23CC4CC(CC(C4)C2)C3)cs1. The Balaban J connectivity index is 1.24. The summed E-state index contributed by atoms with van der Waals surface area (Å²) in [5, 5.41) is 8.27. The van der Waals surface area contributed by atoms with Gasteiger partial charge in [0.15, 0.2) is 10.9 Å². The van der Waals surface area contributed by atoms with E-state index in [1.807, 2.05) is 0 Å². The first-order valence-corrected chi connectivity index (χ1v) is 11.0. The van der Waals surface area contributed by atoms with Crippen molar-refractivity contribution in [3.63, 3.8) is 0 Å². The minimum absolute atomic E-state index is 0.193. The Hall–Kier alpha value is -2.15. The zero-order valence-electron chi connectivity index (χ0n) is 15.9. The summed E-state index contributed by atoms with van der Waals surface area (Å²) in [5.74, 6) is 2.11. The summed E-state index contributed by atoms with van der Waals surface area (Å²) in [5.41, 5.74) is 1.40. The molecule has 0 aromatic carbocycles. The van der Waals surface area contributed by atoms with Crippen LogP contribution in [0.3, 0.4) is 0 Å². The molecule has 148 valence electrons. The van der Waals surface area contributed by atoms with Crippen LogP contribution in [0, 0.1) is 17.8 Å². The predicted molar refractivity (Wildman–Crippen MR) is 106 cm³/mol. The number of aromatic nitrogens is 1. The number of hydrogen-bond acceptors (Lipinski definition) is 5. The molecule has 2 N–H and O–H groups in total. The number of nitrogens with one attached hydrogen (secondary N) is 2. The summed E-state index contributed by atoms with van der Waals surface area (Å²) < 4.78 is 5.06. The van der Waals surface area contributed by atoms with E-state index in [0.29, 0.717) is 5.13 Å². The molecular formula is C21H25N3O3S. The van der Waals surface area contributed by atoms with Crippen molar-refractivity contribution in [3.05, 3.63) is 35.2 Å². The van der Waals surface area contributed by atoms with Gasteiger partial charge in [0.2, 0.25) is 5.91 Å². The number of thiazole rings is 1. The van der Waals surface area contributed by atoms with Gasteiger partial charge in [-0.3, -0.25) is 9.59 Å². The Bertz CT molecular complexity index is 853. The Morgan fingerprint density at radius 2 is 1.89 bits per heavy atom. The maximum atomic E-state index is 12.5. The largest absolute Gasteiger partial charge is 0.459 e. The summed E-state index contributed by atoms with van der Waals surface area (Å²) >= 11 is 1.49. The quantitative estimate of drug-likeness (QED) is 0.797. The number of anilines is 1. The molecule has 0 unspecified atom stereocenters. The van der Waals surface area contributed by atoms with Crippen LogP contribution >= 0.6 is 11.3 Å². The normalized spacial score (nSPS) is 31.5. The van der Waals surface area contributed by atoms with E-state index in [1.54, 1.807) is 19.1 Å². The monoisotopic (exact) mass is 399 g/mol. The van der Waals surface area contributed by atoms with E-state index in [-0.39, 0.29) is 17.1 Å². The van der Waals surface area contributed by atoms with Crippen molar-refractivity contribution in [2.45, 2.75) is 56.9 Å². The van der Waals surface area contributed by atoms with Gasteiger partial charge < -0.3 is 15.1 Å². The molecule has 4 aliphatic rings. The fourth-order valence-electron chi connectivity index (χ4n) is 5.95. The highest BCUT2D eigenvalue weighted by molar-refractivity contribution is 7.14. The highest BCUT2D eigenvalue weighted by atomic mass is 32.1. The van der Waals surface area contributed by atoms with Gasteiger partial charge in [-0.25, -0.2) is 4.98 Å². The van der Waals surface area contributed by atoms with Gasteiger partial charge in [0.25, 0.3) is 5.91 Å². The summed E-state index contributed by atoms with van der Waals surface area (Å²) in [4.78, 5) is 29.3. The van der Waals surface area contributed by atoms with E-state index in [4.69, 9.17) is 9.40 Å². The fraction of sp³-hybridized carbons (Fsp3) is 0.571. The molecular weight excluding hydrogens is 374 g/mol. The molecule has 28 heavy (non-hydrogen) atoms. The number of rotatable bonds is 5. The summed E-state index contributed by atoms with van der Waals surface area (Å²) in [7, 11) is 0. The molecule has 4 fully saturated rings. The van der Waals surface area contributed by atoms with Gasteiger partial charge in [-0.1, -0.05) is 0 Å². The highest BCUT2D eigenvalue weighted by Crippen LogP contribution is 2.60. The van der Waals surface area contributed by atoms with E-state index in [0.717, 1.165) is 17.8 Å². The van der Waals surface area contributed by atoms with Gasteiger partial charge in [0, 0.05) is 10.8 Å². The van der Waals surface area contributed by atoms with Crippen molar-refractivity contribution >= 4 is 28.3 Å². The van der Waals surface area contributed by atoms with Crippen molar-refractivity contribution in [2.24, 2.45) is 17.8 Å². The van der Waals surface area contributed by atoms with Crippen molar-refractivity contribution in [1.29, 1.82) is 0 Å². The van der Waals surface area contributed by atoms with Gasteiger partial charge in [0.1, 0.15) is 6.04 Å². The molecule has 2 aromatic heterocycles. The zero-order valence-corrected chi connectivity index (χ0v) is 16.8. The second-order valence-electron chi connectivity index (χ2n) is 8.90. The van der Waals surface area contributed by atoms with E-state index in [9.17, 15) is 9.59 Å². The predicted octanol–water partition coefficient (Wildman–Crippen LogP) is 3.96. The molecule has 2 heterocycles. The van der Waals surface area contributed by atoms with Crippen LogP contribution in [0.1, 0.15) is 61.7 Å². The molecule has 2 amide bonds. The standard InChI is InChI=1S/C21H25N3O3S/c1-12(22-19(26)16-3-2-4-27-16)18(25)24-20-23-17(11-28-20)21-8-13-5-14(9-21)7-15(6-13)10-21/h2-4,11-15H,5-10H2,1H3,(H,22,26)(H,23,24,25)/t12-,13?,14?,15?,21?/m0/s1. The highest BCUT2D eigenvalue weighted by Gasteiger charge is 2.52. The third kappa shape index (κ3) is 3.15. The summed E-state index contributed by atoms with van der Waals surface area (Å²) in [6.07, 6.45) is 9.41. The van der Waals surface area contributed by atoms with Gasteiger partial charge in [-0.15, -0.1) is 11.3 Å². The van der Waals surface area contributed by atoms with Crippen LogP contribution in [-0.4, -0.2) is 22.8 Å². The average Bonchev–Trinajstić information content (AvgIpc) is 3.32. The van der Waals surface area contributed by atoms with Gasteiger partial charge in [-0.05, 0) is 75.3 Å². The van der Waals surface area contributed by atoms with E-state index >= 15 is 0 Å². The van der Waals surface area contributed by atoms with Gasteiger partial charge >= 0.3 is 0 Å². The van der Waals surface area contributed by atoms with Gasteiger partial charge in [-0.2, -0.15) is 0 Å². The van der Waals surface area contributed by atoms with Crippen molar-refractivity contribution in [2.75, 3.05) is 5.32 Å². The van der Waals surface area contributed by atoms with Crippen LogP contribution in [0.4, 0.5) is 5.13 Å². The molecule has 0 aliphatic heterocycles. The number of carbonyl (C=O) groups excluding carboxylic acids is 2. The maximum absolute atomic E-state index is 12.5. The fourth-order valence-corrected chi connectivity index (χ4v) is 6.79. The molecule has 4 aliphatic carbocycles. The van der Waals surface area contributed by atoms with E-state index in [2.05, 4.69) is 16.0 Å². The molecule has 1 atom stereocenters. The molecule has 0 saturated heterocycles. The smallest absolute Gasteiger partial charge is 0.287 e. The van der Waals surface area contributed by atoms with Crippen LogP contribution in [-0.2, 0) is 10.2 Å². The van der Waals surface area contributed by atoms with Crippen LogP contribution < -0.4 is 10.6 Å². The van der Waals surface area contributed by atoms with E-state index < -0.39 is 11.9 Å². The Morgan fingerprint density at radius 3 is 2.50 bits per heavy atom. The zero-order chi connectivity index (χ0) is 19.3. The lowest BCUT2D eigenvalue weighted by atomic mass is 9.49. The summed E-state index contributed by atoms with van der Waals surface area (Å²) in [6, 6.07) is 2.53. The van der Waals surface area contributed by atoms with E-state index in [1.165, 1.54) is 61.8 Å². The minimum atomic E-state index is -0.676. The number of furan rings is 1. The first-order chi connectivity index (χ1) is 13.5. The lowest BCUT2D eigenvalue weighted by Gasteiger charge is -2.56. The Morgan fingerprint density at radius 1 is 1.21 bits per heavy atom. The lowest BCUT2D eigenvalue weighted by Crippen LogP contribution is -2.48. The van der Waals surface area contributed by atoms with Crippen molar-refractivity contribution < 1.29 is 14.0 Å². The first kappa shape index (κ1) is 17.9. The Labute approximate surface area is 168 Å². The number of carbonyl (C=O) groups is 2. The molecule has 6 rings (SSSR count). The molecule has 4 saturated carbocycles. The second kappa shape index (κ2) is 6.72. The molecule has 0 radical (unpaired) electrons. The van der Waals surface area contributed by atoms with Crippen LogP contribution in [0.5, 0.6) is 0 Å². The molecule has 4 bridgehead atoms. The molecule has 6 nitrogen and oxygen atoms in total. The van der Waals surface area contributed by atoms with Gasteiger partial charge in [0.05, 0.1) is 12.0 Å².